The summed E-state index contributed by atoms with van der Waals surface area (Å²) in [5, 5.41) is 11.8. The molecular formula is C13H17N3. The summed E-state index contributed by atoms with van der Waals surface area (Å²) < 4.78 is 0. The van der Waals surface area contributed by atoms with E-state index in [0.717, 1.165) is 18.0 Å². The van der Waals surface area contributed by atoms with Gasteiger partial charge in [0.2, 0.25) is 0 Å². The summed E-state index contributed by atoms with van der Waals surface area (Å²) >= 11 is 0. The maximum Gasteiger partial charge on any atom is 0.0881 e. The van der Waals surface area contributed by atoms with Crippen molar-refractivity contribution in [1.29, 1.82) is 0 Å². The van der Waals surface area contributed by atoms with Crippen molar-refractivity contribution in [2.24, 2.45) is 5.92 Å². The van der Waals surface area contributed by atoms with Crippen LogP contribution < -0.4 is 5.32 Å². The first-order chi connectivity index (χ1) is 7.93. The number of fused-ring (bicyclic) bond motifs is 1. The first-order valence-electron chi connectivity index (χ1n) is 6.09. The standard InChI is InChI=1S/C13H17N3/c1-2-5-10(4-1)8-14-12-7-3-6-11-9-15-16-13(11)12/h3,6-7,9-10,14H,1-2,4-5,8H2,(H,15,16). The molecule has 0 aliphatic heterocycles. The van der Waals surface area contributed by atoms with Gasteiger partial charge in [0.1, 0.15) is 0 Å². The van der Waals surface area contributed by atoms with Gasteiger partial charge in [0.25, 0.3) is 0 Å². The molecule has 2 N–H and O–H groups in total. The average Bonchev–Trinajstić information content (AvgIpc) is 2.97. The Kier molecular flexibility index (Phi) is 2.52. The zero-order valence-electron chi connectivity index (χ0n) is 9.37. The quantitative estimate of drug-likeness (QED) is 0.825. The van der Waals surface area contributed by atoms with Gasteiger partial charge in [-0.2, -0.15) is 5.10 Å². The molecule has 3 rings (SSSR count). The Morgan fingerprint density at radius 2 is 2.19 bits per heavy atom. The molecule has 16 heavy (non-hydrogen) atoms. The van der Waals surface area contributed by atoms with Gasteiger partial charge in [-0.1, -0.05) is 25.0 Å². The Balaban J connectivity index is 1.75. The highest BCUT2D eigenvalue weighted by molar-refractivity contribution is 5.89. The molecule has 3 nitrogen and oxygen atoms in total. The number of benzene rings is 1. The van der Waals surface area contributed by atoms with Crippen molar-refractivity contribution >= 4 is 16.6 Å². The van der Waals surface area contributed by atoms with Crippen LogP contribution in [-0.2, 0) is 0 Å². The van der Waals surface area contributed by atoms with E-state index in [-0.39, 0.29) is 0 Å². The number of aromatic amines is 1. The minimum atomic E-state index is 0.859. The molecule has 0 radical (unpaired) electrons. The van der Waals surface area contributed by atoms with Gasteiger partial charge in [-0.25, -0.2) is 0 Å². The number of hydrogen-bond donors (Lipinski definition) is 2. The molecule has 1 heterocycles. The van der Waals surface area contributed by atoms with Gasteiger partial charge >= 0.3 is 0 Å². The topological polar surface area (TPSA) is 40.7 Å². The molecule has 0 atom stereocenters. The predicted octanol–water partition coefficient (Wildman–Crippen LogP) is 3.17. The van der Waals surface area contributed by atoms with Crippen LogP contribution in [0, 0.1) is 5.92 Å². The Morgan fingerprint density at radius 1 is 1.31 bits per heavy atom. The molecular weight excluding hydrogens is 198 g/mol. The smallest absolute Gasteiger partial charge is 0.0881 e. The predicted molar refractivity (Wildman–Crippen MR) is 66.5 cm³/mol. The number of H-pyrrole nitrogens is 1. The van der Waals surface area contributed by atoms with E-state index in [0.29, 0.717) is 0 Å². The van der Waals surface area contributed by atoms with Crippen molar-refractivity contribution in [2.45, 2.75) is 25.7 Å². The molecule has 0 amide bonds. The van der Waals surface area contributed by atoms with E-state index in [1.807, 2.05) is 6.20 Å². The molecule has 1 aromatic heterocycles. The lowest BCUT2D eigenvalue weighted by atomic mass is 10.1. The van der Waals surface area contributed by atoms with Gasteiger partial charge in [0.05, 0.1) is 17.4 Å². The van der Waals surface area contributed by atoms with Crippen LogP contribution >= 0.6 is 0 Å². The van der Waals surface area contributed by atoms with Gasteiger partial charge in [-0.05, 0) is 24.8 Å². The van der Waals surface area contributed by atoms with E-state index in [9.17, 15) is 0 Å². The third-order valence-electron chi connectivity index (χ3n) is 3.53. The molecule has 0 unspecified atom stereocenters. The van der Waals surface area contributed by atoms with Crippen LogP contribution in [0.15, 0.2) is 24.4 Å². The van der Waals surface area contributed by atoms with Crippen LogP contribution in [0.4, 0.5) is 5.69 Å². The maximum atomic E-state index is 4.08. The first kappa shape index (κ1) is 9.70. The minimum Gasteiger partial charge on any atom is -0.383 e. The summed E-state index contributed by atoms with van der Waals surface area (Å²) in [5.41, 5.74) is 2.31. The molecule has 1 saturated carbocycles. The number of hydrogen-bond acceptors (Lipinski definition) is 2. The van der Waals surface area contributed by atoms with Gasteiger partial charge < -0.3 is 5.32 Å². The highest BCUT2D eigenvalue weighted by atomic mass is 15.1. The second kappa shape index (κ2) is 4.16. The Bertz CT molecular complexity index is 469. The number of anilines is 1. The second-order valence-corrected chi connectivity index (χ2v) is 4.67. The first-order valence-corrected chi connectivity index (χ1v) is 6.09. The summed E-state index contributed by atoms with van der Waals surface area (Å²) in [6.45, 7) is 1.10. The molecule has 1 aliphatic rings. The molecule has 3 heteroatoms. The van der Waals surface area contributed by atoms with Crippen LogP contribution in [0.25, 0.3) is 10.9 Å². The third kappa shape index (κ3) is 1.77. The lowest BCUT2D eigenvalue weighted by molar-refractivity contribution is 0.580. The van der Waals surface area contributed by atoms with E-state index in [1.54, 1.807) is 0 Å². The summed E-state index contributed by atoms with van der Waals surface area (Å²) in [6, 6.07) is 6.28. The summed E-state index contributed by atoms with van der Waals surface area (Å²) in [6.07, 6.45) is 7.44. The van der Waals surface area contributed by atoms with E-state index < -0.39 is 0 Å². The molecule has 1 aliphatic carbocycles. The Morgan fingerprint density at radius 3 is 3.06 bits per heavy atom. The second-order valence-electron chi connectivity index (χ2n) is 4.67. The van der Waals surface area contributed by atoms with E-state index >= 15 is 0 Å². The fourth-order valence-electron chi connectivity index (χ4n) is 2.58. The van der Waals surface area contributed by atoms with Crippen LogP contribution in [0.3, 0.4) is 0 Å². The number of nitrogens with one attached hydrogen (secondary N) is 2. The van der Waals surface area contributed by atoms with E-state index in [4.69, 9.17) is 0 Å². The van der Waals surface area contributed by atoms with Gasteiger partial charge in [-0.3, -0.25) is 5.10 Å². The monoisotopic (exact) mass is 215 g/mol. The fraction of sp³-hybridized carbons (Fsp3) is 0.462. The van der Waals surface area contributed by atoms with Crippen molar-refractivity contribution < 1.29 is 0 Å². The van der Waals surface area contributed by atoms with Crippen molar-refractivity contribution in [1.82, 2.24) is 10.2 Å². The summed E-state index contributed by atoms with van der Waals surface area (Å²) in [7, 11) is 0. The van der Waals surface area contributed by atoms with Gasteiger partial charge in [0.15, 0.2) is 0 Å². The molecule has 1 fully saturated rings. The molecule has 1 aromatic carbocycles. The van der Waals surface area contributed by atoms with E-state index in [1.165, 1.54) is 36.8 Å². The van der Waals surface area contributed by atoms with E-state index in [2.05, 4.69) is 33.7 Å². The van der Waals surface area contributed by atoms with Crippen LogP contribution in [0.1, 0.15) is 25.7 Å². The maximum absolute atomic E-state index is 4.08. The molecule has 0 spiro atoms. The number of aromatic nitrogens is 2. The van der Waals surface area contributed by atoms with Crippen LogP contribution in [0.2, 0.25) is 0 Å². The zero-order valence-corrected chi connectivity index (χ0v) is 9.37. The normalized spacial score (nSPS) is 17.0. The van der Waals surface area contributed by atoms with Gasteiger partial charge in [0, 0.05) is 11.9 Å². The Hall–Kier alpha value is -1.51. The summed E-state index contributed by atoms with van der Waals surface area (Å²) in [5.74, 6) is 0.859. The van der Waals surface area contributed by atoms with Crippen molar-refractivity contribution in [3.05, 3.63) is 24.4 Å². The summed E-state index contributed by atoms with van der Waals surface area (Å²) in [4.78, 5) is 0. The molecule has 0 bridgehead atoms. The largest absolute Gasteiger partial charge is 0.383 e. The number of nitrogens with zero attached hydrogens (tertiary/aromatic N) is 1. The van der Waals surface area contributed by atoms with Crippen molar-refractivity contribution in [3.63, 3.8) is 0 Å². The minimum absolute atomic E-state index is 0.859. The number of rotatable bonds is 3. The van der Waals surface area contributed by atoms with Crippen molar-refractivity contribution in [3.8, 4) is 0 Å². The Labute approximate surface area is 95.2 Å². The molecule has 84 valence electrons. The van der Waals surface area contributed by atoms with Crippen molar-refractivity contribution in [2.75, 3.05) is 11.9 Å². The lowest BCUT2D eigenvalue weighted by Crippen LogP contribution is -2.11. The lowest BCUT2D eigenvalue weighted by Gasteiger charge is -2.12. The number of para-hydroxylation sites is 1. The molecule has 0 saturated heterocycles. The van der Waals surface area contributed by atoms with Crippen LogP contribution in [0.5, 0.6) is 0 Å². The fourth-order valence-corrected chi connectivity index (χ4v) is 2.58. The average molecular weight is 215 g/mol. The third-order valence-corrected chi connectivity index (χ3v) is 3.53. The van der Waals surface area contributed by atoms with Crippen LogP contribution in [-0.4, -0.2) is 16.7 Å². The molecule has 2 aromatic rings. The SMILES string of the molecule is c1cc(NCC2CCCC2)c2[nH]ncc2c1. The zero-order chi connectivity index (χ0) is 10.8. The highest BCUT2D eigenvalue weighted by Gasteiger charge is 2.14. The van der Waals surface area contributed by atoms with Gasteiger partial charge in [-0.15, -0.1) is 0 Å². The highest BCUT2D eigenvalue weighted by Crippen LogP contribution is 2.26.